The first-order valence-electron chi connectivity index (χ1n) is 7.58. The summed E-state index contributed by atoms with van der Waals surface area (Å²) in [5, 5.41) is 1.17. The summed E-state index contributed by atoms with van der Waals surface area (Å²) in [6, 6.07) is 8.50. The molecule has 0 fully saturated rings. The monoisotopic (exact) mass is 330 g/mol. The van der Waals surface area contributed by atoms with Gasteiger partial charge in [-0.05, 0) is 25.3 Å². The van der Waals surface area contributed by atoms with E-state index < -0.39 is 17.9 Å². The Morgan fingerprint density at radius 2 is 1.58 bits per heavy atom. The second-order valence-corrected chi connectivity index (χ2v) is 4.88. The largest absolute Gasteiger partial charge is 0.462 e. The van der Waals surface area contributed by atoms with Crippen molar-refractivity contribution < 1.29 is 28.6 Å². The molecule has 0 aliphatic rings. The van der Waals surface area contributed by atoms with E-state index in [1.165, 1.54) is 13.0 Å². The summed E-state index contributed by atoms with van der Waals surface area (Å²) in [6.07, 6.45) is 0. The molecule has 6 heteroatoms. The lowest BCUT2D eigenvalue weighted by Gasteiger charge is -2.15. The Hall–Kier alpha value is -2.89. The lowest BCUT2D eigenvalue weighted by Crippen LogP contribution is -2.17. The van der Waals surface area contributed by atoms with Gasteiger partial charge in [0.05, 0.1) is 18.8 Å². The van der Waals surface area contributed by atoms with Crippen molar-refractivity contribution >= 4 is 28.7 Å². The lowest BCUT2D eigenvalue weighted by atomic mass is 9.99. The molecule has 6 nitrogen and oxygen atoms in total. The van der Waals surface area contributed by atoms with Gasteiger partial charge < -0.3 is 14.2 Å². The minimum atomic E-state index is -0.748. The first-order valence-corrected chi connectivity index (χ1v) is 7.58. The molecule has 0 aliphatic heterocycles. The summed E-state index contributed by atoms with van der Waals surface area (Å²) in [4.78, 5) is 36.2. The van der Waals surface area contributed by atoms with Gasteiger partial charge in [0.15, 0.2) is 5.75 Å². The van der Waals surface area contributed by atoms with E-state index in [2.05, 4.69) is 0 Å². The van der Waals surface area contributed by atoms with Gasteiger partial charge in [0.25, 0.3) is 0 Å². The summed E-state index contributed by atoms with van der Waals surface area (Å²) in [7, 11) is 0. The fourth-order valence-electron chi connectivity index (χ4n) is 2.34. The summed E-state index contributed by atoms with van der Waals surface area (Å²) >= 11 is 0. The molecule has 0 heterocycles. The number of fused-ring (bicyclic) bond motifs is 1. The van der Waals surface area contributed by atoms with E-state index in [1.54, 1.807) is 38.1 Å². The molecule has 2 aromatic carbocycles. The van der Waals surface area contributed by atoms with E-state index in [0.29, 0.717) is 10.8 Å². The van der Waals surface area contributed by atoms with Crippen LogP contribution < -0.4 is 4.74 Å². The number of carbonyl (C=O) groups is 3. The Morgan fingerprint density at radius 1 is 0.958 bits per heavy atom. The molecule has 2 aromatic rings. The highest BCUT2D eigenvalue weighted by Gasteiger charge is 2.27. The van der Waals surface area contributed by atoms with Crippen molar-refractivity contribution in [2.75, 3.05) is 13.2 Å². The molecule has 0 saturated carbocycles. The van der Waals surface area contributed by atoms with Gasteiger partial charge in [0.1, 0.15) is 5.56 Å². The third-order valence-corrected chi connectivity index (χ3v) is 3.22. The van der Waals surface area contributed by atoms with E-state index in [1.807, 2.05) is 0 Å². The molecule has 0 aromatic heterocycles. The van der Waals surface area contributed by atoms with Gasteiger partial charge in [-0.1, -0.05) is 24.3 Å². The molecule has 24 heavy (non-hydrogen) atoms. The van der Waals surface area contributed by atoms with Crippen LogP contribution in [-0.4, -0.2) is 31.1 Å². The van der Waals surface area contributed by atoms with Gasteiger partial charge in [-0.25, -0.2) is 9.59 Å². The van der Waals surface area contributed by atoms with Gasteiger partial charge in [0, 0.05) is 12.3 Å². The van der Waals surface area contributed by atoms with Crippen molar-refractivity contribution in [1.82, 2.24) is 0 Å². The summed E-state index contributed by atoms with van der Waals surface area (Å²) in [5.74, 6) is -2.03. The highest BCUT2D eigenvalue weighted by atomic mass is 16.6. The summed E-state index contributed by atoms with van der Waals surface area (Å²) in [6.45, 7) is 4.80. The maximum absolute atomic E-state index is 12.4. The molecular formula is C18H18O6. The van der Waals surface area contributed by atoms with Gasteiger partial charge in [0.2, 0.25) is 0 Å². The topological polar surface area (TPSA) is 78.9 Å². The van der Waals surface area contributed by atoms with Crippen LogP contribution in [0.5, 0.6) is 5.75 Å². The quantitative estimate of drug-likeness (QED) is 0.619. The Bertz CT molecular complexity index is 793. The molecular weight excluding hydrogens is 312 g/mol. The van der Waals surface area contributed by atoms with Gasteiger partial charge in [-0.2, -0.15) is 0 Å². The van der Waals surface area contributed by atoms with E-state index >= 15 is 0 Å². The predicted octanol–water partition coefficient (Wildman–Crippen LogP) is 3.12. The first kappa shape index (κ1) is 17.5. The molecule has 0 aliphatic carbocycles. The van der Waals surface area contributed by atoms with Crippen LogP contribution in [0.1, 0.15) is 41.5 Å². The maximum Gasteiger partial charge on any atom is 0.342 e. The third-order valence-electron chi connectivity index (χ3n) is 3.22. The van der Waals surface area contributed by atoms with Crippen LogP contribution in [0.2, 0.25) is 0 Å². The molecule has 0 bridgehead atoms. The number of benzene rings is 2. The van der Waals surface area contributed by atoms with Crippen molar-refractivity contribution in [3.63, 3.8) is 0 Å². The minimum Gasteiger partial charge on any atom is -0.462 e. The zero-order valence-corrected chi connectivity index (χ0v) is 13.8. The molecule has 0 saturated heterocycles. The normalized spacial score (nSPS) is 10.3. The zero-order valence-electron chi connectivity index (χ0n) is 13.8. The number of hydrogen-bond donors (Lipinski definition) is 0. The minimum absolute atomic E-state index is 0.00195. The summed E-state index contributed by atoms with van der Waals surface area (Å²) < 4.78 is 15.3. The van der Waals surface area contributed by atoms with Crippen LogP contribution in [-0.2, 0) is 14.3 Å². The lowest BCUT2D eigenvalue weighted by molar-refractivity contribution is -0.131. The van der Waals surface area contributed by atoms with E-state index in [4.69, 9.17) is 14.2 Å². The van der Waals surface area contributed by atoms with E-state index in [-0.39, 0.29) is 30.1 Å². The van der Waals surface area contributed by atoms with Crippen LogP contribution >= 0.6 is 0 Å². The summed E-state index contributed by atoms with van der Waals surface area (Å²) in [5.41, 5.74) is -0.102. The number of hydrogen-bond acceptors (Lipinski definition) is 6. The van der Waals surface area contributed by atoms with Crippen LogP contribution in [0.3, 0.4) is 0 Å². The van der Waals surface area contributed by atoms with E-state index in [9.17, 15) is 14.4 Å². The number of ether oxygens (including phenoxy) is 3. The molecule has 0 spiro atoms. The zero-order chi connectivity index (χ0) is 17.7. The van der Waals surface area contributed by atoms with Crippen LogP contribution in [0.15, 0.2) is 30.3 Å². The molecule has 0 atom stereocenters. The van der Waals surface area contributed by atoms with Crippen LogP contribution in [0, 0.1) is 0 Å². The van der Waals surface area contributed by atoms with E-state index in [0.717, 1.165) is 0 Å². The van der Waals surface area contributed by atoms with Crippen molar-refractivity contribution in [2.24, 2.45) is 0 Å². The molecule has 2 rings (SSSR count). The number of rotatable bonds is 5. The van der Waals surface area contributed by atoms with Gasteiger partial charge in [-0.3, -0.25) is 4.79 Å². The first-order chi connectivity index (χ1) is 11.5. The van der Waals surface area contributed by atoms with Crippen molar-refractivity contribution in [1.29, 1.82) is 0 Å². The smallest absolute Gasteiger partial charge is 0.342 e. The second kappa shape index (κ2) is 7.59. The number of carbonyl (C=O) groups excluding carboxylic acids is 3. The molecule has 126 valence electrons. The Morgan fingerprint density at radius 3 is 2.21 bits per heavy atom. The van der Waals surface area contributed by atoms with Crippen molar-refractivity contribution in [2.45, 2.75) is 20.8 Å². The van der Waals surface area contributed by atoms with Crippen LogP contribution in [0.25, 0.3) is 10.8 Å². The molecule has 0 amide bonds. The SMILES string of the molecule is CCOC(=O)c1cc2ccccc2c(OC(C)=O)c1C(=O)OCC. The fourth-order valence-corrected chi connectivity index (χ4v) is 2.34. The number of esters is 3. The highest BCUT2D eigenvalue weighted by Crippen LogP contribution is 2.34. The van der Waals surface area contributed by atoms with Gasteiger partial charge in [-0.15, -0.1) is 0 Å². The fraction of sp³-hybridized carbons (Fsp3) is 0.278. The predicted molar refractivity (Wildman–Crippen MR) is 87.2 cm³/mol. The van der Waals surface area contributed by atoms with Crippen molar-refractivity contribution in [3.8, 4) is 5.75 Å². The average molecular weight is 330 g/mol. The second-order valence-electron chi connectivity index (χ2n) is 4.88. The Kier molecular flexibility index (Phi) is 5.52. The highest BCUT2D eigenvalue weighted by molar-refractivity contribution is 6.11. The molecule has 0 unspecified atom stereocenters. The third kappa shape index (κ3) is 3.53. The van der Waals surface area contributed by atoms with Crippen LogP contribution in [0.4, 0.5) is 0 Å². The van der Waals surface area contributed by atoms with Crippen molar-refractivity contribution in [3.05, 3.63) is 41.5 Å². The standard InChI is InChI=1S/C18H18O6/c1-4-22-17(20)14-10-12-8-6-7-9-13(12)16(24-11(3)19)15(14)18(21)23-5-2/h6-10H,4-5H2,1-3H3. The average Bonchev–Trinajstić information content (AvgIpc) is 2.54. The van der Waals surface area contributed by atoms with Gasteiger partial charge >= 0.3 is 17.9 Å². The molecule has 0 N–H and O–H groups in total. The Balaban J connectivity index is 2.81. The Labute approximate surface area is 139 Å². The maximum atomic E-state index is 12.4. The molecule has 0 radical (unpaired) electrons.